The summed E-state index contributed by atoms with van der Waals surface area (Å²) < 4.78 is 7.63. The molecule has 84 valence electrons. The molecule has 0 unspecified atom stereocenters. The van der Waals surface area contributed by atoms with Crippen molar-refractivity contribution >= 4 is 11.6 Å². The van der Waals surface area contributed by atoms with Crippen molar-refractivity contribution in [2.24, 2.45) is 7.05 Å². The topological polar surface area (TPSA) is 27.1 Å². The van der Waals surface area contributed by atoms with Crippen LogP contribution in [0.2, 0.25) is 5.02 Å². The molecule has 3 nitrogen and oxygen atoms in total. The van der Waals surface area contributed by atoms with Crippen LogP contribution in [-0.4, -0.2) is 9.55 Å². The van der Waals surface area contributed by atoms with Crippen molar-refractivity contribution in [1.82, 2.24) is 9.55 Å². The van der Waals surface area contributed by atoms with Gasteiger partial charge in [-0.15, -0.1) is 0 Å². The fourth-order valence-electron chi connectivity index (χ4n) is 1.40. The molecule has 2 rings (SSSR count). The number of nitrogens with zero attached hydrogens (tertiary/aromatic N) is 2. The maximum atomic E-state index is 5.91. The fraction of sp³-hybridized carbons (Fsp3) is 0.250. The maximum absolute atomic E-state index is 5.91. The molecule has 0 N–H and O–H groups in total. The normalized spacial score (nSPS) is 10.4. The predicted octanol–water partition coefficient (Wildman–Crippen LogP) is 2.96. The van der Waals surface area contributed by atoms with Crippen molar-refractivity contribution in [1.29, 1.82) is 0 Å². The average Bonchev–Trinajstić information content (AvgIpc) is 2.66. The third-order valence-corrected chi connectivity index (χ3v) is 2.68. The van der Waals surface area contributed by atoms with E-state index in [4.69, 9.17) is 16.3 Å². The predicted molar refractivity (Wildman–Crippen MR) is 63.7 cm³/mol. The third-order valence-electron chi connectivity index (χ3n) is 2.44. The lowest BCUT2D eigenvalue weighted by Crippen LogP contribution is -2.01. The number of ether oxygens (including phenoxy) is 1. The minimum absolute atomic E-state index is 0.498. The van der Waals surface area contributed by atoms with Gasteiger partial charge in [-0.2, -0.15) is 0 Å². The molecule has 0 aliphatic rings. The molecular formula is C12H13ClN2O. The lowest BCUT2D eigenvalue weighted by molar-refractivity contribution is 0.295. The highest BCUT2D eigenvalue weighted by Gasteiger charge is 2.03. The van der Waals surface area contributed by atoms with Crippen molar-refractivity contribution in [3.63, 3.8) is 0 Å². The standard InChI is InChI=1S/C12H13ClN2O/c1-9-3-4-10(13)5-12(9)16-7-11-6-14-8-15(11)2/h3-6,8H,7H2,1-2H3. The largest absolute Gasteiger partial charge is 0.487 e. The van der Waals surface area contributed by atoms with E-state index in [1.54, 1.807) is 12.5 Å². The first-order valence-electron chi connectivity index (χ1n) is 5.01. The summed E-state index contributed by atoms with van der Waals surface area (Å²) in [5, 5.41) is 0.686. The molecule has 16 heavy (non-hydrogen) atoms. The van der Waals surface area contributed by atoms with Crippen LogP contribution < -0.4 is 4.74 Å². The summed E-state index contributed by atoms with van der Waals surface area (Å²) in [5.41, 5.74) is 2.10. The molecule has 0 spiro atoms. The average molecular weight is 237 g/mol. The molecule has 0 fully saturated rings. The van der Waals surface area contributed by atoms with E-state index in [0.717, 1.165) is 17.0 Å². The van der Waals surface area contributed by atoms with Crippen molar-refractivity contribution in [2.75, 3.05) is 0 Å². The molecule has 0 bridgehead atoms. The Morgan fingerprint density at radius 2 is 2.25 bits per heavy atom. The number of halogens is 1. The molecule has 4 heteroatoms. The third kappa shape index (κ3) is 2.36. The lowest BCUT2D eigenvalue weighted by atomic mass is 10.2. The molecule has 0 aliphatic carbocycles. The molecule has 0 aliphatic heterocycles. The van der Waals surface area contributed by atoms with E-state index in [1.165, 1.54) is 0 Å². The minimum Gasteiger partial charge on any atom is -0.487 e. The van der Waals surface area contributed by atoms with Gasteiger partial charge in [0.1, 0.15) is 12.4 Å². The van der Waals surface area contributed by atoms with Gasteiger partial charge in [-0.05, 0) is 24.6 Å². The van der Waals surface area contributed by atoms with Gasteiger partial charge in [0.25, 0.3) is 0 Å². The van der Waals surface area contributed by atoms with Gasteiger partial charge in [-0.1, -0.05) is 17.7 Å². The number of rotatable bonds is 3. The number of hydrogen-bond donors (Lipinski definition) is 0. The first-order chi connectivity index (χ1) is 7.66. The second-order valence-electron chi connectivity index (χ2n) is 3.69. The summed E-state index contributed by atoms with van der Waals surface area (Å²) in [7, 11) is 1.94. The van der Waals surface area contributed by atoms with E-state index >= 15 is 0 Å². The van der Waals surface area contributed by atoms with E-state index in [1.807, 2.05) is 36.7 Å². The highest BCUT2D eigenvalue weighted by molar-refractivity contribution is 6.30. The first-order valence-corrected chi connectivity index (χ1v) is 5.39. The van der Waals surface area contributed by atoms with E-state index in [0.29, 0.717) is 11.6 Å². The zero-order valence-corrected chi connectivity index (χ0v) is 10.0. The van der Waals surface area contributed by atoms with Gasteiger partial charge < -0.3 is 9.30 Å². The van der Waals surface area contributed by atoms with Gasteiger partial charge in [-0.3, -0.25) is 0 Å². The Morgan fingerprint density at radius 3 is 2.94 bits per heavy atom. The van der Waals surface area contributed by atoms with Crippen LogP contribution in [0.3, 0.4) is 0 Å². The second-order valence-corrected chi connectivity index (χ2v) is 4.13. The molecule has 0 atom stereocenters. The molecule has 1 aromatic heterocycles. The number of aromatic nitrogens is 2. The Balaban J connectivity index is 2.10. The summed E-state index contributed by atoms with van der Waals surface area (Å²) in [6.07, 6.45) is 3.55. The molecule has 1 aromatic carbocycles. The number of aryl methyl sites for hydroxylation is 2. The Morgan fingerprint density at radius 1 is 1.44 bits per heavy atom. The Bertz CT molecular complexity index is 494. The SMILES string of the molecule is Cc1ccc(Cl)cc1OCc1cncn1C. The van der Waals surface area contributed by atoms with Crippen molar-refractivity contribution in [3.05, 3.63) is 47.0 Å². The van der Waals surface area contributed by atoms with E-state index in [9.17, 15) is 0 Å². The highest BCUT2D eigenvalue weighted by atomic mass is 35.5. The van der Waals surface area contributed by atoms with Gasteiger partial charge >= 0.3 is 0 Å². The number of imidazole rings is 1. The van der Waals surface area contributed by atoms with Crippen LogP contribution in [0.5, 0.6) is 5.75 Å². The van der Waals surface area contributed by atoms with Crippen LogP contribution in [-0.2, 0) is 13.7 Å². The monoisotopic (exact) mass is 236 g/mol. The van der Waals surface area contributed by atoms with Crippen LogP contribution in [0.1, 0.15) is 11.3 Å². The molecular weight excluding hydrogens is 224 g/mol. The number of benzene rings is 1. The van der Waals surface area contributed by atoms with Crippen molar-refractivity contribution in [3.8, 4) is 5.75 Å². The lowest BCUT2D eigenvalue weighted by Gasteiger charge is -2.09. The summed E-state index contributed by atoms with van der Waals surface area (Å²) >= 11 is 5.91. The maximum Gasteiger partial charge on any atom is 0.130 e. The van der Waals surface area contributed by atoms with Crippen LogP contribution in [0.25, 0.3) is 0 Å². The van der Waals surface area contributed by atoms with E-state index in [-0.39, 0.29) is 0 Å². The Hall–Kier alpha value is -1.48. The van der Waals surface area contributed by atoms with Crippen molar-refractivity contribution in [2.45, 2.75) is 13.5 Å². The summed E-state index contributed by atoms with van der Waals surface area (Å²) in [6, 6.07) is 5.63. The zero-order valence-electron chi connectivity index (χ0n) is 9.27. The van der Waals surface area contributed by atoms with Gasteiger partial charge in [0.05, 0.1) is 18.2 Å². The highest BCUT2D eigenvalue weighted by Crippen LogP contribution is 2.23. The van der Waals surface area contributed by atoms with Crippen LogP contribution in [0, 0.1) is 6.92 Å². The second kappa shape index (κ2) is 4.58. The smallest absolute Gasteiger partial charge is 0.130 e. The van der Waals surface area contributed by atoms with Crippen LogP contribution in [0.4, 0.5) is 0 Å². The zero-order chi connectivity index (χ0) is 11.5. The quantitative estimate of drug-likeness (QED) is 0.819. The molecule has 0 amide bonds. The van der Waals surface area contributed by atoms with Crippen LogP contribution in [0.15, 0.2) is 30.7 Å². The molecule has 2 aromatic rings. The minimum atomic E-state index is 0.498. The van der Waals surface area contributed by atoms with Gasteiger partial charge in [0.15, 0.2) is 0 Å². The van der Waals surface area contributed by atoms with E-state index in [2.05, 4.69) is 4.98 Å². The molecule has 0 radical (unpaired) electrons. The molecule has 0 saturated carbocycles. The van der Waals surface area contributed by atoms with Crippen LogP contribution >= 0.6 is 11.6 Å². The molecule has 0 saturated heterocycles. The summed E-state index contributed by atoms with van der Waals surface area (Å²) in [6.45, 7) is 2.49. The summed E-state index contributed by atoms with van der Waals surface area (Å²) in [5.74, 6) is 0.814. The summed E-state index contributed by atoms with van der Waals surface area (Å²) in [4.78, 5) is 4.03. The van der Waals surface area contributed by atoms with E-state index < -0.39 is 0 Å². The van der Waals surface area contributed by atoms with Crippen molar-refractivity contribution < 1.29 is 4.74 Å². The Kier molecular flexibility index (Phi) is 3.15. The first kappa shape index (κ1) is 11.0. The van der Waals surface area contributed by atoms with Gasteiger partial charge in [-0.25, -0.2) is 4.98 Å². The molecule has 1 heterocycles. The van der Waals surface area contributed by atoms with Gasteiger partial charge in [0, 0.05) is 12.1 Å². The Labute approximate surface area is 99.6 Å². The fourth-order valence-corrected chi connectivity index (χ4v) is 1.57. The van der Waals surface area contributed by atoms with Gasteiger partial charge in [0.2, 0.25) is 0 Å². The number of hydrogen-bond acceptors (Lipinski definition) is 2.